The highest BCUT2D eigenvalue weighted by Crippen LogP contribution is 2.21. The van der Waals surface area contributed by atoms with Crippen LogP contribution in [0.4, 0.5) is 10.5 Å². The molecule has 0 fully saturated rings. The average Bonchev–Trinajstić information content (AvgIpc) is 2.43. The van der Waals surface area contributed by atoms with Gasteiger partial charge in [0.05, 0.1) is 11.4 Å². The Morgan fingerprint density at radius 3 is 2.63 bits per heavy atom. The summed E-state index contributed by atoms with van der Waals surface area (Å²) in [6.07, 6.45) is 0.267. The summed E-state index contributed by atoms with van der Waals surface area (Å²) in [5.41, 5.74) is 1.43. The fraction of sp³-hybridized carbons (Fsp3) is 0.385. The number of halogens is 1. The number of carbonyl (C=O) groups excluding carboxylic acids is 2. The number of benzene rings is 1. The van der Waals surface area contributed by atoms with Gasteiger partial charge in [-0.25, -0.2) is 4.79 Å². The van der Waals surface area contributed by atoms with Crippen LogP contribution < -0.4 is 5.32 Å². The molecule has 104 valence electrons. The van der Waals surface area contributed by atoms with E-state index in [2.05, 4.69) is 21.2 Å². The zero-order valence-electron chi connectivity index (χ0n) is 10.6. The SMILES string of the molecule is CCOCCOC(=O)Nc1ccc(C(Br)C=O)cc1. The van der Waals surface area contributed by atoms with Gasteiger partial charge in [-0.2, -0.15) is 0 Å². The monoisotopic (exact) mass is 329 g/mol. The summed E-state index contributed by atoms with van der Waals surface area (Å²) in [4.78, 5) is 21.7. The number of rotatable bonds is 7. The van der Waals surface area contributed by atoms with Gasteiger partial charge in [0, 0.05) is 12.3 Å². The molecule has 5 nitrogen and oxygen atoms in total. The van der Waals surface area contributed by atoms with Crippen LogP contribution in [0.1, 0.15) is 17.3 Å². The largest absolute Gasteiger partial charge is 0.447 e. The number of anilines is 1. The van der Waals surface area contributed by atoms with Crippen molar-refractivity contribution in [1.29, 1.82) is 0 Å². The van der Waals surface area contributed by atoms with Crippen molar-refractivity contribution in [3.63, 3.8) is 0 Å². The Bertz CT molecular complexity index is 408. The summed E-state index contributed by atoms with van der Waals surface area (Å²) in [5, 5.41) is 2.58. The molecule has 1 aromatic carbocycles. The molecule has 19 heavy (non-hydrogen) atoms. The molecule has 0 spiro atoms. The predicted octanol–water partition coefficient (Wildman–Crippen LogP) is 2.91. The fourth-order valence-corrected chi connectivity index (χ4v) is 1.63. The standard InChI is InChI=1S/C13H16BrNO4/c1-2-18-7-8-19-13(17)15-11-5-3-10(4-6-11)12(14)9-16/h3-6,9,12H,2,7-8H2,1H3,(H,15,17). The summed E-state index contributed by atoms with van der Waals surface area (Å²) in [7, 11) is 0. The lowest BCUT2D eigenvalue weighted by Gasteiger charge is -2.08. The van der Waals surface area contributed by atoms with E-state index in [9.17, 15) is 9.59 Å². The van der Waals surface area contributed by atoms with Gasteiger partial charge in [0.25, 0.3) is 0 Å². The molecular weight excluding hydrogens is 314 g/mol. The maximum atomic E-state index is 11.4. The van der Waals surface area contributed by atoms with Crippen molar-refractivity contribution in [2.45, 2.75) is 11.8 Å². The number of amides is 1. The van der Waals surface area contributed by atoms with Gasteiger partial charge in [-0.05, 0) is 24.6 Å². The molecule has 1 atom stereocenters. The molecule has 0 heterocycles. The summed E-state index contributed by atoms with van der Waals surface area (Å²) in [6.45, 7) is 3.06. The van der Waals surface area contributed by atoms with E-state index in [1.807, 2.05) is 6.92 Å². The molecule has 0 radical (unpaired) electrons. The second-order valence-corrected chi connectivity index (χ2v) is 4.60. The molecule has 1 unspecified atom stereocenters. The molecule has 0 saturated carbocycles. The number of hydrogen-bond donors (Lipinski definition) is 1. The van der Waals surface area contributed by atoms with Crippen molar-refractivity contribution in [1.82, 2.24) is 0 Å². The van der Waals surface area contributed by atoms with Crippen LogP contribution in [0.15, 0.2) is 24.3 Å². The molecule has 0 aromatic heterocycles. The molecular formula is C13H16BrNO4. The summed E-state index contributed by atoms with van der Waals surface area (Å²) in [5.74, 6) is 0. The van der Waals surface area contributed by atoms with Gasteiger partial charge in [0.2, 0.25) is 0 Å². The minimum atomic E-state index is -0.529. The van der Waals surface area contributed by atoms with Gasteiger partial charge in [-0.3, -0.25) is 5.32 Å². The molecule has 6 heteroatoms. The lowest BCUT2D eigenvalue weighted by molar-refractivity contribution is -0.107. The Balaban J connectivity index is 2.40. The second kappa shape index (κ2) is 8.66. The van der Waals surface area contributed by atoms with Crippen LogP contribution in [0.2, 0.25) is 0 Å². The van der Waals surface area contributed by atoms with Crippen molar-refractivity contribution in [3.8, 4) is 0 Å². The van der Waals surface area contributed by atoms with Crippen LogP contribution in [-0.4, -0.2) is 32.2 Å². The van der Waals surface area contributed by atoms with Gasteiger partial charge >= 0.3 is 6.09 Å². The molecule has 1 aromatic rings. The van der Waals surface area contributed by atoms with Crippen molar-refractivity contribution >= 4 is 34.0 Å². The minimum Gasteiger partial charge on any atom is -0.447 e. The van der Waals surface area contributed by atoms with Crippen LogP contribution in [0.5, 0.6) is 0 Å². The van der Waals surface area contributed by atoms with Gasteiger partial charge in [-0.15, -0.1) is 0 Å². The first-order valence-corrected chi connectivity index (χ1v) is 6.79. The van der Waals surface area contributed by atoms with E-state index < -0.39 is 6.09 Å². The van der Waals surface area contributed by atoms with Crippen LogP contribution >= 0.6 is 15.9 Å². The third kappa shape index (κ3) is 5.85. The number of ether oxygens (including phenoxy) is 2. The smallest absolute Gasteiger partial charge is 0.411 e. The van der Waals surface area contributed by atoms with Crippen LogP contribution in [0.3, 0.4) is 0 Å². The van der Waals surface area contributed by atoms with Crippen LogP contribution in [0, 0.1) is 0 Å². The fourth-order valence-electron chi connectivity index (χ4n) is 1.32. The van der Waals surface area contributed by atoms with E-state index in [0.717, 1.165) is 11.8 Å². The van der Waals surface area contributed by atoms with Gasteiger partial charge in [0.1, 0.15) is 12.9 Å². The van der Waals surface area contributed by atoms with Crippen LogP contribution in [-0.2, 0) is 14.3 Å². The average molecular weight is 330 g/mol. The summed E-state index contributed by atoms with van der Waals surface area (Å²) < 4.78 is 9.95. The molecule has 0 aliphatic rings. The van der Waals surface area contributed by atoms with Crippen molar-refractivity contribution < 1.29 is 19.1 Å². The van der Waals surface area contributed by atoms with Gasteiger partial charge < -0.3 is 14.3 Å². The third-order valence-electron chi connectivity index (χ3n) is 2.26. The lowest BCUT2D eigenvalue weighted by atomic mass is 10.1. The lowest BCUT2D eigenvalue weighted by Crippen LogP contribution is -2.16. The molecule has 1 amide bonds. The van der Waals surface area contributed by atoms with Gasteiger partial charge in [-0.1, -0.05) is 28.1 Å². The number of aldehydes is 1. The van der Waals surface area contributed by atoms with Crippen molar-refractivity contribution in [2.75, 3.05) is 25.1 Å². The molecule has 0 saturated heterocycles. The van der Waals surface area contributed by atoms with Crippen LogP contribution in [0.25, 0.3) is 0 Å². The molecule has 0 aliphatic heterocycles. The molecule has 1 N–H and O–H groups in total. The van der Waals surface area contributed by atoms with E-state index in [0.29, 0.717) is 18.9 Å². The first-order valence-electron chi connectivity index (χ1n) is 5.88. The number of nitrogens with one attached hydrogen (secondary N) is 1. The highest BCUT2D eigenvalue weighted by atomic mass is 79.9. The normalized spacial score (nSPS) is 11.7. The number of alkyl halides is 1. The van der Waals surface area contributed by atoms with Crippen molar-refractivity contribution in [3.05, 3.63) is 29.8 Å². The Labute approximate surface area is 120 Å². The van der Waals surface area contributed by atoms with E-state index in [4.69, 9.17) is 9.47 Å². The maximum absolute atomic E-state index is 11.4. The summed E-state index contributed by atoms with van der Waals surface area (Å²) in [6, 6.07) is 6.92. The number of carbonyl (C=O) groups is 2. The highest BCUT2D eigenvalue weighted by Gasteiger charge is 2.06. The molecule has 0 aliphatic carbocycles. The van der Waals surface area contributed by atoms with E-state index in [1.54, 1.807) is 24.3 Å². The minimum absolute atomic E-state index is 0.215. The topological polar surface area (TPSA) is 64.6 Å². The van der Waals surface area contributed by atoms with E-state index in [-0.39, 0.29) is 11.4 Å². The second-order valence-electron chi connectivity index (χ2n) is 3.62. The van der Waals surface area contributed by atoms with Crippen molar-refractivity contribution in [2.24, 2.45) is 0 Å². The zero-order chi connectivity index (χ0) is 14.1. The molecule has 0 bridgehead atoms. The first kappa shape index (κ1) is 15.7. The maximum Gasteiger partial charge on any atom is 0.411 e. The van der Waals surface area contributed by atoms with E-state index in [1.165, 1.54) is 0 Å². The number of hydrogen-bond acceptors (Lipinski definition) is 4. The Hall–Kier alpha value is -1.40. The van der Waals surface area contributed by atoms with E-state index >= 15 is 0 Å². The summed E-state index contributed by atoms with van der Waals surface area (Å²) >= 11 is 3.22. The Morgan fingerprint density at radius 1 is 1.37 bits per heavy atom. The highest BCUT2D eigenvalue weighted by molar-refractivity contribution is 9.09. The molecule has 1 rings (SSSR count). The quantitative estimate of drug-likeness (QED) is 0.474. The first-order chi connectivity index (χ1) is 9.17. The Morgan fingerprint density at radius 2 is 2.05 bits per heavy atom. The van der Waals surface area contributed by atoms with Gasteiger partial charge in [0.15, 0.2) is 0 Å². The zero-order valence-corrected chi connectivity index (χ0v) is 12.2. The third-order valence-corrected chi connectivity index (χ3v) is 3.00. The predicted molar refractivity (Wildman–Crippen MR) is 75.6 cm³/mol. The Kier molecular flexibility index (Phi) is 7.14.